The number of likely N-dealkylation sites (N-methyl/N-ethyl adjacent to an activating group) is 1. The van der Waals surface area contributed by atoms with Crippen molar-refractivity contribution in [3.8, 4) is 11.5 Å². The van der Waals surface area contributed by atoms with Gasteiger partial charge in [-0.05, 0) is 25.8 Å². The van der Waals surface area contributed by atoms with Gasteiger partial charge < -0.3 is 19.5 Å². The number of aliphatic hydroxyl groups excluding tert-OH is 1. The van der Waals surface area contributed by atoms with Crippen molar-refractivity contribution in [2.45, 2.75) is 32.4 Å². The van der Waals surface area contributed by atoms with E-state index in [0.717, 1.165) is 12.8 Å². The van der Waals surface area contributed by atoms with E-state index < -0.39 is 0 Å². The zero-order valence-corrected chi connectivity index (χ0v) is 12.0. The molecule has 1 aromatic carbocycles. The Morgan fingerprint density at radius 3 is 2.75 bits per heavy atom. The molecule has 0 aromatic heterocycles. The van der Waals surface area contributed by atoms with Crippen molar-refractivity contribution in [2.75, 3.05) is 20.3 Å². The third-order valence-corrected chi connectivity index (χ3v) is 3.44. The number of benzene rings is 1. The Balaban J connectivity index is 2.04. The van der Waals surface area contributed by atoms with Crippen molar-refractivity contribution in [3.63, 3.8) is 0 Å². The molecular formula is C15H21NO4. The summed E-state index contributed by atoms with van der Waals surface area (Å²) in [5, 5.41) is 9.33. The zero-order valence-electron chi connectivity index (χ0n) is 12.0. The van der Waals surface area contributed by atoms with Crippen molar-refractivity contribution in [1.29, 1.82) is 0 Å². The molecule has 2 rings (SSSR count). The molecule has 1 N–H and O–H groups in total. The van der Waals surface area contributed by atoms with Gasteiger partial charge in [0.2, 0.25) is 0 Å². The number of methoxy groups -OCH3 is 1. The van der Waals surface area contributed by atoms with E-state index in [9.17, 15) is 9.90 Å². The quantitative estimate of drug-likeness (QED) is 0.823. The molecule has 0 radical (unpaired) electrons. The molecule has 20 heavy (non-hydrogen) atoms. The maximum Gasteiger partial charge on any atom is 0.260 e. The van der Waals surface area contributed by atoms with E-state index in [-0.39, 0.29) is 19.1 Å². The first-order valence-corrected chi connectivity index (χ1v) is 6.90. The Morgan fingerprint density at radius 2 is 2.20 bits per heavy atom. The van der Waals surface area contributed by atoms with Gasteiger partial charge in [0.1, 0.15) is 0 Å². The van der Waals surface area contributed by atoms with Crippen molar-refractivity contribution in [2.24, 2.45) is 0 Å². The van der Waals surface area contributed by atoms with Gasteiger partial charge in [-0.2, -0.15) is 0 Å². The molecule has 1 aromatic rings. The number of aliphatic hydroxyl groups is 1. The summed E-state index contributed by atoms with van der Waals surface area (Å²) in [5.74, 6) is 0.946. The monoisotopic (exact) mass is 279 g/mol. The molecule has 0 atom stereocenters. The highest BCUT2D eigenvalue weighted by atomic mass is 16.5. The Kier molecular flexibility index (Phi) is 4.84. The van der Waals surface area contributed by atoms with Crippen molar-refractivity contribution >= 4 is 5.91 Å². The number of ether oxygens (including phenoxy) is 2. The molecule has 0 bridgehead atoms. The molecule has 1 aliphatic rings. The molecular weight excluding hydrogens is 258 g/mol. The summed E-state index contributed by atoms with van der Waals surface area (Å²) >= 11 is 0. The van der Waals surface area contributed by atoms with E-state index >= 15 is 0 Å². The highest BCUT2D eigenvalue weighted by Crippen LogP contribution is 2.31. The predicted molar refractivity (Wildman–Crippen MR) is 74.8 cm³/mol. The van der Waals surface area contributed by atoms with Crippen LogP contribution in [0.25, 0.3) is 0 Å². The molecule has 0 saturated heterocycles. The van der Waals surface area contributed by atoms with Gasteiger partial charge in [-0.15, -0.1) is 0 Å². The topological polar surface area (TPSA) is 59.0 Å². The van der Waals surface area contributed by atoms with Crippen LogP contribution in [0.5, 0.6) is 11.5 Å². The van der Waals surface area contributed by atoms with Crippen LogP contribution >= 0.6 is 0 Å². The first kappa shape index (κ1) is 14.7. The van der Waals surface area contributed by atoms with Gasteiger partial charge in [0, 0.05) is 18.2 Å². The summed E-state index contributed by atoms with van der Waals surface area (Å²) in [5.41, 5.74) is 0.617. The Bertz CT molecular complexity index is 449. The minimum absolute atomic E-state index is 0.0233. The van der Waals surface area contributed by atoms with Crippen LogP contribution in [0.15, 0.2) is 18.2 Å². The largest absolute Gasteiger partial charge is 0.493 e. The maximum atomic E-state index is 12.1. The molecule has 0 heterocycles. The van der Waals surface area contributed by atoms with Gasteiger partial charge in [-0.25, -0.2) is 0 Å². The molecule has 1 saturated carbocycles. The third-order valence-electron chi connectivity index (χ3n) is 3.44. The average molecular weight is 279 g/mol. The lowest BCUT2D eigenvalue weighted by Gasteiger charge is -2.21. The first-order valence-electron chi connectivity index (χ1n) is 6.90. The van der Waals surface area contributed by atoms with Crippen molar-refractivity contribution in [1.82, 2.24) is 4.90 Å². The second-order valence-electron chi connectivity index (χ2n) is 4.81. The van der Waals surface area contributed by atoms with Crippen LogP contribution in [-0.4, -0.2) is 42.2 Å². The van der Waals surface area contributed by atoms with E-state index in [2.05, 4.69) is 0 Å². The minimum atomic E-state index is -0.152. The number of para-hydroxylation sites is 1. The van der Waals surface area contributed by atoms with Gasteiger partial charge in [-0.1, -0.05) is 12.1 Å². The Labute approximate surface area is 119 Å². The number of carbonyl (C=O) groups excluding carboxylic acids is 1. The number of nitrogens with zero attached hydrogens (tertiary/aromatic N) is 1. The minimum Gasteiger partial charge on any atom is -0.493 e. The summed E-state index contributed by atoms with van der Waals surface area (Å²) in [6, 6.07) is 5.66. The number of rotatable bonds is 7. The summed E-state index contributed by atoms with van der Waals surface area (Å²) in [6.45, 7) is 2.49. The van der Waals surface area contributed by atoms with Crippen LogP contribution in [0, 0.1) is 0 Å². The van der Waals surface area contributed by atoms with Gasteiger partial charge in [0.05, 0.1) is 13.7 Å². The molecule has 5 nitrogen and oxygen atoms in total. The number of hydrogen-bond donors (Lipinski definition) is 1. The maximum absolute atomic E-state index is 12.1. The Morgan fingerprint density at radius 1 is 1.45 bits per heavy atom. The predicted octanol–water partition coefficient (Wildman–Crippen LogP) is 1.58. The van der Waals surface area contributed by atoms with Gasteiger partial charge in [0.25, 0.3) is 5.91 Å². The van der Waals surface area contributed by atoms with E-state index in [1.165, 1.54) is 7.11 Å². The third kappa shape index (κ3) is 3.22. The molecule has 110 valence electrons. The van der Waals surface area contributed by atoms with E-state index in [1.807, 2.05) is 11.8 Å². The second-order valence-corrected chi connectivity index (χ2v) is 4.81. The fourth-order valence-corrected chi connectivity index (χ4v) is 2.25. The summed E-state index contributed by atoms with van der Waals surface area (Å²) in [7, 11) is 1.54. The lowest BCUT2D eigenvalue weighted by Crippen LogP contribution is -2.36. The summed E-state index contributed by atoms with van der Waals surface area (Å²) in [4.78, 5) is 14.0. The van der Waals surface area contributed by atoms with Crippen LogP contribution < -0.4 is 9.47 Å². The van der Waals surface area contributed by atoms with Crippen LogP contribution in [-0.2, 0) is 11.4 Å². The normalized spacial score (nSPS) is 13.9. The van der Waals surface area contributed by atoms with Gasteiger partial charge in [-0.3, -0.25) is 4.79 Å². The standard InChI is InChI=1S/C15H21NO4/c1-3-16(12-7-8-12)14(18)10-20-15-11(9-17)5-4-6-13(15)19-2/h4-6,12,17H,3,7-10H2,1-2H3. The molecule has 1 aliphatic carbocycles. The summed E-state index contributed by atoms with van der Waals surface area (Å²) in [6.07, 6.45) is 2.16. The fraction of sp³-hybridized carbons (Fsp3) is 0.533. The molecule has 1 fully saturated rings. The Hall–Kier alpha value is -1.75. The van der Waals surface area contributed by atoms with Crippen LogP contribution in [0.4, 0.5) is 0 Å². The van der Waals surface area contributed by atoms with E-state index in [0.29, 0.717) is 29.6 Å². The lowest BCUT2D eigenvalue weighted by atomic mass is 10.2. The van der Waals surface area contributed by atoms with Gasteiger partial charge in [0.15, 0.2) is 18.1 Å². The molecule has 5 heteroatoms. The van der Waals surface area contributed by atoms with E-state index in [4.69, 9.17) is 9.47 Å². The number of hydrogen-bond acceptors (Lipinski definition) is 4. The lowest BCUT2D eigenvalue weighted by molar-refractivity contribution is -0.133. The van der Waals surface area contributed by atoms with Crippen molar-refractivity contribution in [3.05, 3.63) is 23.8 Å². The highest BCUT2D eigenvalue weighted by molar-refractivity contribution is 5.78. The second kappa shape index (κ2) is 6.61. The SMILES string of the molecule is CCN(C(=O)COc1c(CO)cccc1OC)C1CC1. The first-order chi connectivity index (χ1) is 9.71. The van der Waals surface area contributed by atoms with Crippen molar-refractivity contribution < 1.29 is 19.4 Å². The van der Waals surface area contributed by atoms with E-state index in [1.54, 1.807) is 18.2 Å². The van der Waals surface area contributed by atoms with Crippen LogP contribution in [0.3, 0.4) is 0 Å². The van der Waals surface area contributed by atoms with Crippen LogP contribution in [0.2, 0.25) is 0 Å². The number of amides is 1. The van der Waals surface area contributed by atoms with Gasteiger partial charge >= 0.3 is 0 Å². The smallest absolute Gasteiger partial charge is 0.260 e. The number of carbonyl (C=O) groups is 1. The highest BCUT2D eigenvalue weighted by Gasteiger charge is 2.31. The average Bonchev–Trinajstić information content (AvgIpc) is 3.30. The molecule has 0 aliphatic heterocycles. The fourth-order valence-electron chi connectivity index (χ4n) is 2.25. The van der Waals surface area contributed by atoms with Crippen LogP contribution in [0.1, 0.15) is 25.3 Å². The zero-order chi connectivity index (χ0) is 14.5. The molecule has 0 spiro atoms. The molecule has 0 unspecified atom stereocenters. The molecule has 1 amide bonds. The summed E-state index contributed by atoms with van der Waals surface area (Å²) < 4.78 is 10.8.